The second-order valence-corrected chi connectivity index (χ2v) is 3.48. The van der Waals surface area contributed by atoms with Gasteiger partial charge in [0.15, 0.2) is 5.69 Å². The SMILES string of the molecule is COCCOc1nc(C(=O)O)ccc1Br. The number of carbonyl (C=O) groups is 1. The van der Waals surface area contributed by atoms with Crippen LogP contribution in [0.4, 0.5) is 0 Å². The van der Waals surface area contributed by atoms with Crippen molar-refractivity contribution in [3.63, 3.8) is 0 Å². The molecule has 0 spiro atoms. The minimum Gasteiger partial charge on any atom is -0.477 e. The van der Waals surface area contributed by atoms with Crippen LogP contribution in [0.25, 0.3) is 0 Å². The molecule has 0 fully saturated rings. The molecule has 15 heavy (non-hydrogen) atoms. The van der Waals surface area contributed by atoms with Crippen molar-refractivity contribution in [1.82, 2.24) is 4.98 Å². The Morgan fingerprint density at radius 3 is 2.87 bits per heavy atom. The molecule has 6 heteroatoms. The zero-order valence-electron chi connectivity index (χ0n) is 8.07. The number of carboxylic acid groups (broad SMARTS) is 1. The number of hydrogen-bond donors (Lipinski definition) is 1. The van der Waals surface area contributed by atoms with E-state index in [1.165, 1.54) is 6.07 Å². The van der Waals surface area contributed by atoms with Crippen molar-refractivity contribution in [2.24, 2.45) is 0 Å². The average molecular weight is 276 g/mol. The van der Waals surface area contributed by atoms with E-state index in [0.717, 1.165) is 0 Å². The van der Waals surface area contributed by atoms with Crippen LogP contribution >= 0.6 is 15.9 Å². The van der Waals surface area contributed by atoms with Crippen LogP contribution in [0, 0.1) is 0 Å². The maximum Gasteiger partial charge on any atom is 0.354 e. The second kappa shape index (κ2) is 5.67. The maximum absolute atomic E-state index is 10.6. The van der Waals surface area contributed by atoms with Gasteiger partial charge in [0, 0.05) is 7.11 Å². The Bertz CT molecular complexity index is 356. The molecule has 1 N–H and O–H groups in total. The minimum absolute atomic E-state index is 0.0504. The fraction of sp³-hybridized carbons (Fsp3) is 0.333. The van der Waals surface area contributed by atoms with Crippen molar-refractivity contribution < 1.29 is 19.4 Å². The first kappa shape index (κ1) is 11.9. The topological polar surface area (TPSA) is 68.7 Å². The highest BCUT2D eigenvalue weighted by Gasteiger charge is 2.09. The van der Waals surface area contributed by atoms with Crippen molar-refractivity contribution in [2.75, 3.05) is 20.3 Å². The van der Waals surface area contributed by atoms with Gasteiger partial charge in [-0.25, -0.2) is 9.78 Å². The van der Waals surface area contributed by atoms with E-state index in [9.17, 15) is 4.79 Å². The van der Waals surface area contributed by atoms with Gasteiger partial charge in [-0.05, 0) is 28.1 Å². The number of ether oxygens (including phenoxy) is 2. The zero-order chi connectivity index (χ0) is 11.3. The molecular weight excluding hydrogens is 266 g/mol. The van der Waals surface area contributed by atoms with Gasteiger partial charge < -0.3 is 14.6 Å². The van der Waals surface area contributed by atoms with Gasteiger partial charge in [0.2, 0.25) is 5.88 Å². The molecule has 1 rings (SSSR count). The van der Waals surface area contributed by atoms with E-state index in [1.54, 1.807) is 13.2 Å². The van der Waals surface area contributed by atoms with Gasteiger partial charge in [-0.2, -0.15) is 0 Å². The summed E-state index contributed by atoms with van der Waals surface area (Å²) in [5.74, 6) is -0.828. The lowest BCUT2D eigenvalue weighted by Gasteiger charge is -2.06. The first-order valence-electron chi connectivity index (χ1n) is 4.16. The normalized spacial score (nSPS) is 10.0. The van der Waals surface area contributed by atoms with Crippen LogP contribution in [-0.2, 0) is 4.74 Å². The first-order valence-corrected chi connectivity index (χ1v) is 4.96. The first-order chi connectivity index (χ1) is 7.15. The van der Waals surface area contributed by atoms with E-state index < -0.39 is 5.97 Å². The fourth-order valence-corrected chi connectivity index (χ4v) is 1.20. The molecule has 82 valence electrons. The van der Waals surface area contributed by atoms with E-state index in [-0.39, 0.29) is 11.6 Å². The van der Waals surface area contributed by atoms with E-state index in [0.29, 0.717) is 17.7 Å². The summed E-state index contributed by atoms with van der Waals surface area (Å²) in [6, 6.07) is 2.98. The molecule has 0 unspecified atom stereocenters. The second-order valence-electron chi connectivity index (χ2n) is 2.63. The monoisotopic (exact) mass is 275 g/mol. The summed E-state index contributed by atoms with van der Waals surface area (Å²) in [4.78, 5) is 14.5. The van der Waals surface area contributed by atoms with Crippen LogP contribution in [0.15, 0.2) is 16.6 Å². The Hall–Kier alpha value is -1.14. The summed E-state index contributed by atoms with van der Waals surface area (Å²) < 4.78 is 10.6. The number of nitrogens with zero attached hydrogens (tertiary/aromatic N) is 1. The highest BCUT2D eigenvalue weighted by Crippen LogP contribution is 2.22. The van der Waals surface area contributed by atoms with Crippen molar-refractivity contribution in [2.45, 2.75) is 0 Å². The maximum atomic E-state index is 10.6. The Morgan fingerprint density at radius 2 is 2.27 bits per heavy atom. The van der Waals surface area contributed by atoms with Gasteiger partial charge in [0.25, 0.3) is 0 Å². The van der Waals surface area contributed by atoms with Crippen molar-refractivity contribution in [3.8, 4) is 5.88 Å². The van der Waals surface area contributed by atoms with Crippen LogP contribution in [0.2, 0.25) is 0 Å². The number of aromatic nitrogens is 1. The van der Waals surface area contributed by atoms with Crippen molar-refractivity contribution >= 4 is 21.9 Å². The van der Waals surface area contributed by atoms with Crippen LogP contribution in [0.1, 0.15) is 10.5 Å². The quantitative estimate of drug-likeness (QED) is 0.827. The number of halogens is 1. The molecule has 0 saturated carbocycles. The van der Waals surface area contributed by atoms with Gasteiger partial charge >= 0.3 is 5.97 Å². The van der Waals surface area contributed by atoms with E-state index >= 15 is 0 Å². The Kier molecular flexibility index (Phi) is 4.51. The molecule has 1 aromatic heterocycles. The van der Waals surface area contributed by atoms with Gasteiger partial charge in [-0.15, -0.1) is 0 Å². The molecule has 0 aliphatic heterocycles. The summed E-state index contributed by atoms with van der Waals surface area (Å²) in [5, 5.41) is 8.71. The third kappa shape index (κ3) is 3.49. The predicted octanol–water partition coefficient (Wildman–Crippen LogP) is 1.57. The van der Waals surface area contributed by atoms with E-state index in [1.807, 2.05) is 0 Å². The molecular formula is C9H10BrNO4. The Balaban J connectivity index is 2.76. The third-order valence-corrected chi connectivity index (χ3v) is 2.16. The minimum atomic E-state index is -1.08. The highest BCUT2D eigenvalue weighted by atomic mass is 79.9. The molecule has 0 aliphatic carbocycles. The lowest BCUT2D eigenvalue weighted by atomic mass is 10.3. The van der Waals surface area contributed by atoms with E-state index in [2.05, 4.69) is 20.9 Å². The molecule has 1 heterocycles. The summed E-state index contributed by atoms with van der Waals surface area (Å²) in [5.41, 5.74) is -0.0504. The molecule has 0 atom stereocenters. The molecule has 0 radical (unpaired) electrons. The average Bonchev–Trinajstić information content (AvgIpc) is 2.20. The zero-order valence-corrected chi connectivity index (χ0v) is 9.65. The van der Waals surface area contributed by atoms with Gasteiger partial charge in [0.05, 0.1) is 11.1 Å². The summed E-state index contributed by atoms with van der Waals surface area (Å²) in [7, 11) is 1.56. The standard InChI is InChI=1S/C9H10BrNO4/c1-14-4-5-15-8-6(10)2-3-7(11-8)9(12)13/h2-3H,4-5H2,1H3,(H,12,13). The summed E-state index contributed by atoms with van der Waals surface area (Å²) in [6.45, 7) is 0.747. The Morgan fingerprint density at radius 1 is 1.53 bits per heavy atom. The number of rotatable bonds is 5. The van der Waals surface area contributed by atoms with Gasteiger partial charge in [0.1, 0.15) is 6.61 Å². The van der Waals surface area contributed by atoms with Crippen LogP contribution < -0.4 is 4.74 Å². The molecule has 0 amide bonds. The Labute approximate surface area is 95.2 Å². The number of methoxy groups -OCH3 is 1. The molecule has 0 aliphatic rings. The molecule has 0 bridgehead atoms. The lowest BCUT2D eigenvalue weighted by molar-refractivity contribution is 0.0688. The molecule has 0 saturated heterocycles. The predicted molar refractivity (Wildman–Crippen MR) is 56.3 cm³/mol. The largest absolute Gasteiger partial charge is 0.477 e. The molecule has 0 aromatic carbocycles. The number of pyridine rings is 1. The number of hydrogen-bond acceptors (Lipinski definition) is 4. The summed E-state index contributed by atoms with van der Waals surface area (Å²) >= 11 is 3.21. The van der Waals surface area contributed by atoms with Crippen LogP contribution in [-0.4, -0.2) is 36.4 Å². The van der Waals surface area contributed by atoms with Crippen molar-refractivity contribution in [3.05, 3.63) is 22.3 Å². The molecule has 1 aromatic rings. The fourth-order valence-electron chi connectivity index (χ4n) is 0.865. The molecule has 5 nitrogen and oxygen atoms in total. The third-order valence-electron chi connectivity index (χ3n) is 1.56. The van der Waals surface area contributed by atoms with Crippen molar-refractivity contribution in [1.29, 1.82) is 0 Å². The van der Waals surface area contributed by atoms with Gasteiger partial charge in [-0.1, -0.05) is 0 Å². The number of carboxylic acids is 1. The lowest BCUT2D eigenvalue weighted by Crippen LogP contribution is -2.08. The number of aromatic carboxylic acids is 1. The van der Waals surface area contributed by atoms with Crippen LogP contribution in [0.3, 0.4) is 0 Å². The highest BCUT2D eigenvalue weighted by molar-refractivity contribution is 9.10. The van der Waals surface area contributed by atoms with Crippen LogP contribution in [0.5, 0.6) is 5.88 Å². The van der Waals surface area contributed by atoms with E-state index in [4.69, 9.17) is 14.6 Å². The summed E-state index contributed by atoms with van der Waals surface area (Å²) in [6.07, 6.45) is 0. The smallest absolute Gasteiger partial charge is 0.354 e. The van der Waals surface area contributed by atoms with Gasteiger partial charge in [-0.3, -0.25) is 0 Å².